The molecule has 0 N–H and O–H groups in total. The van der Waals surface area contributed by atoms with Crippen molar-refractivity contribution < 1.29 is 18.7 Å². The first-order valence-electron chi connectivity index (χ1n) is 5.11. The molecule has 92 valence electrons. The van der Waals surface area contributed by atoms with Crippen molar-refractivity contribution in [1.29, 1.82) is 0 Å². The Morgan fingerprint density at radius 2 is 2.24 bits per heavy atom. The van der Waals surface area contributed by atoms with Crippen molar-refractivity contribution >= 4 is 12.2 Å². The smallest absolute Gasteiger partial charge is 0.286 e. The number of rotatable bonds is 5. The lowest BCUT2D eigenvalue weighted by atomic mass is 10.1. The van der Waals surface area contributed by atoms with Gasteiger partial charge in [-0.2, -0.15) is 0 Å². The molecule has 0 aliphatic rings. The fourth-order valence-electron chi connectivity index (χ4n) is 1.36. The lowest BCUT2D eigenvalue weighted by molar-refractivity contribution is -0.137. The van der Waals surface area contributed by atoms with E-state index in [0.717, 1.165) is 5.56 Å². The number of ether oxygens (including phenoxy) is 1. The first-order chi connectivity index (χ1) is 8.08. The van der Waals surface area contributed by atoms with Gasteiger partial charge in [0.15, 0.2) is 11.6 Å². The third-order valence-electron chi connectivity index (χ3n) is 2.43. The van der Waals surface area contributed by atoms with E-state index < -0.39 is 11.7 Å². The van der Waals surface area contributed by atoms with Gasteiger partial charge in [-0.1, -0.05) is 6.07 Å². The highest BCUT2D eigenvalue weighted by Crippen LogP contribution is 2.17. The predicted molar refractivity (Wildman–Crippen MR) is 60.4 cm³/mol. The summed E-state index contributed by atoms with van der Waals surface area (Å²) in [5, 5.41) is 0. The van der Waals surface area contributed by atoms with Crippen LogP contribution < -0.4 is 4.74 Å². The molecule has 1 aromatic rings. The van der Waals surface area contributed by atoms with Crippen molar-refractivity contribution in [3.05, 3.63) is 29.6 Å². The van der Waals surface area contributed by atoms with Gasteiger partial charge in [0.1, 0.15) is 0 Å². The summed E-state index contributed by atoms with van der Waals surface area (Å²) in [6.07, 6.45) is 0.742. The summed E-state index contributed by atoms with van der Waals surface area (Å²) in [4.78, 5) is 22.5. The number of hydrogen-bond acceptors (Lipinski definition) is 3. The molecule has 1 rings (SSSR count). The molecule has 0 aliphatic carbocycles. The number of nitrogens with zero attached hydrogens (tertiary/aromatic N) is 1. The van der Waals surface area contributed by atoms with Crippen molar-refractivity contribution in [2.75, 3.05) is 20.7 Å². The van der Waals surface area contributed by atoms with E-state index in [-0.39, 0.29) is 12.0 Å². The minimum absolute atomic E-state index is 0.186. The highest BCUT2D eigenvalue weighted by Gasteiger charge is 2.08. The van der Waals surface area contributed by atoms with Gasteiger partial charge in [-0.3, -0.25) is 9.59 Å². The molecule has 0 saturated carbocycles. The van der Waals surface area contributed by atoms with E-state index in [1.54, 1.807) is 6.07 Å². The predicted octanol–water partition coefficient (Wildman–Crippen LogP) is 1.03. The van der Waals surface area contributed by atoms with Crippen LogP contribution in [0.2, 0.25) is 0 Å². The number of halogens is 1. The highest BCUT2D eigenvalue weighted by atomic mass is 19.1. The van der Waals surface area contributed by atoms with E-state index in [2.05, 4.69) is 0 Å². The second kappa shape index (κ2) is 5.98. The fourth-order valence-corrected chi connectivity index (χ4v) is 1.36. The van der Waals surface area contributed by atoms with Gasteiger partial charge in [-0.05, 0) is 24.1 Å². The zero-order chi connectivity index (χ0) is 12.8. The van der Waals surface area contributed by atoms with Crippen molar-refractivity contribution in [3.63, 3.8) is 0 Å². The molecule has 0 atom stereocenters. The molecule has 0 aliphatic heterocycles. The number of aldehydes is 1. The maximum absolute atomic E-state index is 13.3. The average Bonchev–Trinajstić information content (AvgIpc) is 2.35. The summed E-state index contributed by atoms with van der Waals surface area (Å²) in [6, 6.07) is 4.62. The minimum Gasteiger partial charge on any atom is -0.494 e. The molecular weight excluding hydrogens is 225 g/mol. The lowest BCUT2D eigenvalue weighted by Gasteiger charge is -2.13. The summed E-state index contributed by atoms with van der Waals surface area (Å²) in [7, 11) is 2.92. The Bertz CT molecular complexity index is 420. The summed E-state index contributed by atoms with van der Waals surface area (Å²) < 4.78 is 18.1. The zero-order valence-corrected chi connectivity index (χ0v) is 9.77. The normalized spacial score (nSPS) is 9.82. The standard InChI is InChI=1S/C12H14FNO3/c1-14(12(16)8-15)6-5-9-3-4-11(17-2)10(13)7-9/h3-4,7-8H,5-6H2,1-2H3. The van der Waals surface area contributed by atoms with Crippen molar-refractivity contribution in [2.45, 2.75) is 6.42 Å². The Morgan fingerprint density at radius 1 is 1.53 bits per heavy atom. The van der Waals surface area contributed by atoms with Gasteiger partial charge in [0.2, 0.25) is 6.29 Å². The van der Waals surface area contributed by atoms with Gasteiger partial charge in [0.25, 0.3) is 5.91 Å². The van der Waals surface area contributed by atoms with E-state index in [4.69, 9.17) is 4.74 Å². The quantitative estimate of drug-likeness (QED) is 0.569. The van der Waals surface area contributed by atoms with Gasteiger partial charge < -0.3 is 9.64 Å². The maximum atomic E-state index is 13.3. The Kier molecular flexibility index (Phi) is 4.63. The number of benzene rings is 1. The summed E-state index contributed by atoms with van der Waals surface area (Å²) in [5.41, 5.74) is 0.744. The van der Waals surface area contributed by atoms with Crippen LogP contribution in [-0.2, 0) is 16.0 Å². The van der Waals surface area contributed by atoms with E-state index in [9.17, 15) is 14.0 Å². The van der Waals surface area contributed by atoms with Crippen LogP contribution in [0.3, 0.4) is 0 Å². The van der Waals surface area contributed by atoms with Gasteiger partial charge in [0.05, 0.1) is 7.11 Å². The molecule has 4 nitrogen and oxygen atoms in total. The van der Waals surface area contributed by atoms with E-state index in [1.807, 2.05) is 0 Å². The average molecular weight is 239 g/mol. The molecule has 1 amide bonds. The molecule has 0 aromatic heterocycles. The van der Waals surface area contributed by atoms with Crippen LogP contribution in [0.1, 0.15) is 5.56 Å². The van der Waals surface area contributed by atoms with Gasteiger partial charge in [-0.15, -0.1) is 0 Å². The molecule has 0 spiro atoms. The number of amides is 1. The number of carbonyl (C=O) groups excluding carboxylic acids is 2. The molecule has 5 heteroatoms. The minimum atomic E-state index is -0.584. The summed E-state index contributed by atoms with van der Waals surface area (Å²) >= 11 is 0. The molecule has 0 bridgehead atoms. The fraction of sp³-hybridized carbons (Fsp3) is 0.333. The summed E-state index contributed by atoms with van der Waals surface area (Å²) in [5.74, 6) is -0.834. The van der Waals surface area contributed by atoms with Gasteiger partial charge in [-0.25, -0.2) is 4.39 Å². The Hall–Kier alpha value is -1.91. The third kappa shape index (κ3) is 3.55. The van der Waals surface area contributed by atoms with Crippen molar-refractivity contribution in [3.8, 4) is 5.75 Å². The van der Waals surface area contributed by atoms with Crippen molar-refractivity contribution in [2.24, 2.45) is 0 Å². The second-order valence-corrected chi connectivity index (χ2v) is 3.60. The second-order valence-electron chi connectivity index (χ2n) is 3.60. The molecule has 0 heterocycles. The molecule has 0 unspecified atom stereocenters. The molecule has 0 saturated heterocycles. The largest absolute Gasteiger partial charge is 0.494 e. The molecule has 0 radical (unpaired) electrons. The van der Waals surface area contributed by atoms with Crippen LogP contribution in [0.25, 0.3) is 0 Å². The highest BCUT2D eigenvalue weighted by molar-refractivity contribution is 6.23. The first-order valence-corrected chi connectivity index (χ1v) is 5.11. The third-order valence-corrected chi connectivity index (χ3v) is 2.43. The number of hydrogen-bond donors (Lipinski definition) is 0. The number of likely N-dealkylation sites (N-methyl/N-ethyl adjacent to an activating group) is 1. The number of carbonyl (C=O) groups is 2. The van der Waals surface area contributed by atoms with Crippen molar-refractivity contribution in [1.82, 2.24) is 4.90 Å². The van der Waals surface area contributed by atoms with Crippen LogP contribution in [0, 0.1) is 5.82 Å². The first kappa shape index (κ1) is 13.2. The van der Waals surface area contributed by atoms with Crippen LogP contribution in [0.5, 0.6) is 5.75 Å². The zero-order valence-electron chi connectivity index (χ0n) is 9.77. The molecule has 1 aromatic carbocycles. The molecule has 0 fully saturated rings. The Morgan fingerprint density at radius 3 is 2.76 bits per heavy atom. The Labute approximate surface area is 99.0 Å². The van der Waals surface area contributed by atoms with Gasteiger partial charge >= 0.3 is 0 Å². The monoisotopic (exact) mass is 239 g/mol. The molecule has 17 heavy (non-hydrogen) atoms. The summed E-state index contributed by atoms with van der Waals surface area (Å²) in [6.45, 7) is 0.364. The van der Waals surface area contributed by atoms with Gasteiger partial charge in [0, 0.05) is 13.6 Å². The van der Waals surface area contributed by atoms with Crippen LogP contribution >= 0.6 is 0 Å². The molecular formula is C12H14FNO3. The van der Waals surface area contributed by atoms with Crippen LogP contribution in [0.4, 0.5) is 4.39 Å². The lowest BCUT2D eigenvalue weighted by Crippen LogP contribution is -2.29. The SMILES string of the molecule is COc1ccc(CCN(C)C(=O)C=O)cc1F. The van der Waals surface area contributed by atoms with E-state index in [0.29, 0.717) is 13.0 Å². The Balaban J connectivity index is 2.61. The van der Waals surface area contributed by atoms with Crippen LogP contribution in [0.15, 0.2) is 18.2 Å². The topological polar surface area (TPSA) is 46.6 Å². The van der Waals surface area contributed by atoms with Crippen LogP contribution in [-0.4, -0.2) is 37.8 Å². The number of methoxy groups -OCH3 is 1. The van der Waals surface area contributed by atoms with E-state index in [1.165, 1.54) is 31.2 Å². The maximum Gasteiger partial charge on any atom is 0.286 e. The van der Waals surface area contributed by atoms with E-state index >= 15 is 0 Å².